The minimum absolute atomic E-state index is 0.00148. The lowest BCUT2D eigenvalue weighted by atomic mass is 9.84. The molecule has 0 spiro atoms. The molecule has 1 aliphatic heterocycles. The third kappa shape index (κ3) is 8.47. The van der Waals surface area contributed by atoms with E-state index in [-0.39, 0.29) is 41.5 Å². The fraction of sp³-hybridized carbons (Fsp3) is 0.758. The van der Waals surface area contributed by atoms with Crippen LogP contribution in [0.25, 0.3) is 0 Å². The predicted molar refractivity (Wildman–Crippen MR) is 165 cm³/mol. The molecule has 0 aromatic rings. The molecular formula is C33H52N4O7. The monoisotopic (exact) mass is 616 g/mol. The molecule has 2 aliphatic carbocycles. The molecule has 6 atom stereocenters. The van der Waals surface area contributed by atoms with Gasteiger partial charge in [-0.2, -0.15) is 0 Å². The molecule has 11 nitrogen and oxygen atoms in total. The lowest BCUT2D eigenvalue weighted by Crippen LogP contribution is -2.60. The van der Waals surface area contributed by atoms with Gasteiger partial charge in [-0.3, -0.25) is 19.2 Å². The molecule has 1 unspecified atom stereocenters. The summed E-state index contributed by atoms with van der Waals surface area (Å²) in [5, 5.41) is 5.47. The van der Waals surface area contributed by atoms with E-state index in [1.165, 1.54) is 6.08 Å². The normalized spacial score (nSPS) is 24.3. The number of fused-ring (bicyclic) bond motifs is 1. The molecule has 1 heterocycles. The summed E-state index contributed by atoms with van der Waals surface area (Å²) >= 11 is 0. The Morgan fingerprint density at radius 3 is 2.16 bits per heavy atom. The van der Waals surface area contributed by atoms with Crippen LogP contribution in [0.1, 0.15) is 87.5 Å². The van der Waals surface area contributed by atoms with Crippen LogP contribution in [0.5, 0.6) is 0 Å². The van der Waals surface area contributed by atoms with E-state index in [4.69, 9.17) is 10.5 Å². The SMILES string of the molecule is C=CCOC(=O)[C@H](CC(C)(C)C)NC(=O)N[C@H](C(=O)N1C[C@H]2[C@@H]([C@H]1C(=O)CC(CC1CC1)C(=O)C(N)=O)C2(C)C)C(C)(C)C. The van der Waals surface area contributed by atoms with Crippen molar-refractivity contribution < 1.29 is 33.5 Å². The van der Waals surface area contributed by atoms with Gasteiger partial charge in [0.1, 0.15) is 18.7 Å². The largest absolute Gasteiger partial charge is 0.460 e. The minimum atomic E-state index is -1.05. The van der Waals surface area contributed by atoms with Crippen molar-refractivity contribution in [3.8, 4) is 0 Å². The number of nitrogens with two attached hydrogens (primary N) is 1. The van der Waals surface area contributed by atoms with Crippen molar-refractivity contribution in [2.45, 2.75) is 106 Å². The fourth-order valence-corrected chi connectivity index (χ4v) is 6.68. The zero-order chi connectivity index (χ0) is 33.4. The van der Waals surface area contributed by atoms with E-state index >= 15 is 0 Å². The van der Waals surface area contributed by atoms with Gasteiger partial charge in [0.25, 0.3) is 5.91 Å². The number of amides is 4. The lowest BCUT2D eigenvalue weighted by molar-refractivity contribution is -0.145. The second kappa shape index (κ2) is 13.0. The number of ether oxygens (including phenoxy) is 1. The van der Waals surface area contributed by atoms with E-state index in [1.54, 1.807) is 4.90 Å². The third-order valence-electron chi connectivity index (χ3n) is 9.34. The molecule has 3 rings (SSSR count). The Kier molecular flexibility index (Phi) is 10.4. The van der Waals surface area contributed by atoms with Crippen molar-refractivity contribution in [1.82, 2.24) is 15.5 Å². The minimum Gasteiger partial charge on any atom is -0.460 e. The maximum Gasteiger partial charge on any atom is 0.329 e. The van der Waals surface area contributed by atoms with Crippen LogP contribution in [0.3, 0.4) is 0 Å². The van der Waals surface area contributed by atoms with Gasteiger partial charge in [-0.15, -0.1) is 0 Å². The van der Waals surface area contributed by atoms with Crippen LogP contribution in [0.15, 0.2) is 12.7 Å². The first-order valence-corrected chi connectivity index (χ1v) is 15.7. The van der Waals surface area contributed by atoms with Gasteiger partial charge in [-0.1, -0.05) is 80.9 Å². The van der Waals surface area contributed by atoms with E-state index in [0.29, 0.717) is 25.3 Å². The van der Waals surface area contributed by atoms with Gasteiger partial charge in [0, 0.05) is 18.9 Å². The summed E-state index contributed by atoms with van der Waals surface area (Å²) in [6.07, 6.45) is 3.93. The van der Waals surface area contributed by atoms with Crippen molar-refractivity contribution >= 4 is 35.4 Å². The van der Waals surface area contributed by atoms with Gasteiger partial charge in [-0.05, 0) is 46.8 Å². The Hall–Kier alpha value is -3.24. The molecular weight excluding hydrogens is 564 g/mol. The van der Waals surface area contributed by atoms with Crippen LogP contribution < -0.4 is 16.4 Å². The molecule has 1 saturated heterocycles. The molecule has 246 valence electrons. The van der Waals surface area contributed by atoms with E-state index in [0.717, 1.165) is 12.8 Å². The van der Waals surface area contributed by atoms with Crippen molar-refractivity contribution in [1.29, 1.82) is 0 Å². The van der Waals surface area contributed by atoms with E-state index in [1.807, 2.05) is 41.5 Å². The number of carbonyl (C=O) groups excluding carboxylic acids is 6. The summed E-state index contributed by atoms with van der Waals surface area (Å²) in [4.78, 5) is 80.1. The first kappa shape index (κ1) is 35.2. The van der Waals surface area contributed by atoms with Crippen LogP contribution in [0.2, 0.25) is 0 Å². The molecule has 44 heavy (non-hydrogen) atoms. The first-order chi connectivity index (χ1) is 20.2. The Bertz CT molecular complexity index is 1180. The molecule has 0 bridgehead atoms. The summed E-state index contributed by atoms with van der Waals surface area (Å²) < 4.78 is 5.20. The molecule has 3 aliphatic rings. The van der Waals surface area contributed by atoms with Crippen molar-refractivity contribution in [2.75, 3.05) is 13.2 Å². The molecule has 2 saturated carbocycles. The zero-order valence-corrected chi connectivity index (χ0v) is 27.7. The Morgan fingerprint density at radius 2 is 1.66 bits per heavy atom. The number of ketones is 2. The van der Waals surface area contributed by atoms with Gasteiger partial charge in [0.05, 0.1) is 6.04 Å². The number of hydrogen-bond donors (Lipinski definition) is 3. The third-order valence-corrected chi connectivity index (χ3v) is 9.34. The second-order valence-electron chi connectivity index (χ2n) is 15.8. The standard InChI is InChI=1S/C33H52N4O7/c1-10-13-44-29(42)21(16-31(2,3)4)35-30(43)36-26(32(5,6)7)28(41)37-17-20-23(33(20,8)9)24(37)22(38)15-19(14-18-11-12-18)25(39)27(34)40/h10,18-21,23-24,26H,1,11-17H2,2-9H3,(H2,34,40)(H2,35,36,43)/t19?,20-,21-,23-,24+,26+/m0/s1. The fourth-order valence-electron chi connectivity index (χ4n) is 6.68. The summed E-state index contributed by atoms with van der Waals surface area (Å²) in [5.41, 5.74) is 4.10. The number of primary amides is 1. The number of piperidine rings is 1. The number of urea groups is 1. The van der Waals surface area contributed by atoms with Crippen LogP contribution in [-0.4, -0.2) is 71.6 Å². The summed E-state index contributed by atoms with van der Waals surface area (Å²) in [7, 11) is 0. The molecule has 11 heteroatoms. The topological polar surface area (TPSA) is 165 Å². The lowest BCUT2D eigenvalue weighted by Gasteiger charge is -2.38. The van der Waals surface area contributed by atoms with Crippen molar-refractivity contribution in [3.63, 3.8) is 0 Å². The maximum absolute atomic E-state index is 14.2. The molecule has 3 fully saturated rings. The highest BCUT2D eigenvalue weighted by atomic mass is 16.5. The number of nitrogens with zero attached hydrogens (tertiary/aromatic N) is 1. The number of Topliss-reactive ketones (excluding diaryl/α,β-unsaturated/α-hetero) is 2. The van der Waals surface area contributed by atoms with Crippen LogP contribution >= 0.6 is 0 Å². The van der Waals surface area contributed by atoms with Gasteiger partial charge in [0.15, 0.2) is 5.78 Å². The molecule has 0 aromatic heterocycles. The summed E-state index contributed by atoms with van der Waals surface area (Å²) in [6, 6.07) is -3.45. The average molecular weight is 617 g/mol. The summed E-state index contributed by atoms with van der Waals surface area (Å²) in [5.74, 6) is -3.55. The smallest absolute Gasteiger partial charge is 0.329 e. The maximum atomic E-state index is 14.2. The highest BCUT2D eigenvalue weighted by molar-refractivity contribution is 6.36. The van der Waals surface area contributed by atoms with Crippen molar-refractivity contribution in [2.24, 2.45) is 45.7 Å². The number of carbonyl (C=O) groups is 6. The Balaban J connectivity index is 1.81. The molecule has 4 N–H and O–H groups in total. The predicted octanol–water partition coefficient (Wildman–Crippen LogP) is 3.15. The highest BCUT2D eigenvalue weighted by Crippen LogP contribution is 2.65. The van der Waals surface area contributed by atoms with E-state index in [2.05, 4.69) is 31.1 Å². The van der Waals surface area contributed by atoms with Crippen LogP contribution in [0.4, 0.5) is 4.79 Å². The molecule has 0 aromatic carbocycles. The zero-order valence-electron chi connectivity index (χ0n) is 27.7. The Labute approximate surface area is 261 Å². The number of esters is 1. The average Bonchev–Trinajstić information content (AvgIpc) is 3.74. The number of rotatable bonds is 14. The second-order valence-corrected chi connectivity index (χ2v) is 15.8. The Morgan fingerprint density at radius 1 is 1.05 bits per heavy atom. The van der Waals surface area contributed by atoms with E-state index < -0.39 is 59.1 Å². The first-order valence-electron chi connectivity index (χ1n) is 15.7. The van der Waals surface area contributed by atoms with Gasteiger partial charge in [0.2, 0.25) is 11.7 Å². The van der Waals surface area contributed by atoms with Crippen LogP contribution in [-0.2, 0) is 28.7 Å². The van der Waals surface area contributed by atoms with Crippen molar-refractivity contribution in [3.05, 3.63) is 12.7 Å². The van der Waals surface area contributed by atoms with Gasteiger partial charge >= 0.3 is 12.0 Å². The van der Waals surface area contributed by atoms with Gasteiger partial charge in [-0.25, -0.2) is 9.59 Å². The molecule has 0 radical (unpaired) electrons. The summed E-state index contributed by atoms with van der Waals surface area (Å²) in [6.45, 7) is 19.3. The number of hydrogen-bond acceptors (Lipinski definition) is 7. The van der Waals surface area contributed by atoms with Crippen LogP contribution in [0, 0.1) is 39.9 Å². The van der Waals surface area contributed by atoms with Gasteiger partial charge < -0.3 is 26.0 Å². The molecule has 4 amide bonds. The number of nitrogens with one attached hydrogen (secondary N) is 2. The highest BCUT2D eigenvalue weighted by Gasteiger charge is 2.69. The van der Waals surface area contributed by atoms with E-state index in [9.17, 15) is 28.8 Å². The number of likely N-dealkylation sites (tertiary alicyclic amines) is 1. The quantitative estimate of drug-likeness (QED) is 0.153.